The van der Waals surface area contributed by atoms with Crippen LogP contribution in [0.4, 0.5) is 11.4 Å². The minimum Gasteiger partial charge on any atom is -0.478 e. The van der Waals surface area contributed by atoms with Crippen LogP contribution in [0, 0.1) is 6.92 Å². The molecule has 2 aromatic rings. The standard InChI is InChI=1S/C18H21NO2/c1-12-11-13(17(20)21)5-10-16(12)19-15-8-6-14(7-9-15)18(2,3)4/h5-11,19H,1-4H3,(H,20,21). The zero-order chi connectivity index (χ0) is 15.6. The smallest absolute Gasteiger partial charge is 0.335 e. The number of hydrogen-bond donors (Lipinski definition) is 2. The van der Waals surface area contributed by atoms with E-state index in [-0.39, 0.29) is 5.41 Å². The van der Waals surface area contributed by atoms with Gasteiger partial charge in [0.05, 0.1) is 5.56 Å². The Hall–Kier alpha value is -2.29. The molecule has 2 N–H and O–H groups in total. The molecule has 2 rings (SSSR count). The second-order valence-corrected chi connectivity index (χ2v) is 6.29. The maximum atomic E-state index is 10.9. The summed E-state index contributed by atoms with van der Waals surface area (Å²) in [6.45, 7) is 8.46. The Morgan fingerprint density at radius 1 is 1.05 bits per heavy atom. The third-order valence-electron chi connectivity index (χ3n) is 3.50. The molecule has 0 unspecified atom stereocenters. The molecule has 0 radical (unpaired) electrons. The SMILES string of the molecule is Cc1cc(C(=O)O)ccc1Nc1ccc(C(C)(C)C)cc1. The van der Waals surface area contributed by atoms with Crippen molar-refractivity contribution < 1.29 is 9.90 Å². The molecule has 2 aromatic carbocycles. The lowest BCUT2D eigenvalue weighted by Gasteiger charge is -2.19. The van der Waals surface area contributed by atoms with Gasteiger partial charge in [0.1, 0.15) is 0 Å². The molecule has 0 bridgehead atoms. The quantitative estimate of drug-likeness (QED) is 0.855. The zero-order valence-electron chi connectivity index (χ0n) is 12.9. The highest BCUT2D eigenvalue weighted by molar-refractivity contribution is 5.88. The molecule has 0 saturated carbocycles. The van der Waals surface area contributed by atoms with Gasteiger partial charge in [-0.1, -0.05) is 32.9 Å². The van der Waals surface area contributed by atoms with Gasteiger partial charge in [-0.15, -0.1) is 0 Å². The molecule has 0 aliphatic carbocycles. The van der Waals surface area contributed by atoms with E-state index in [4.69, 9.17) is 5.11 Å². The molecular weight excluding hydrogens is 262 g/mol. The van der Waals surface area contributed by atoms with E-state index < -0.39 is 5.97 Å². The Labute approximate surface area is 125 Å². The van der Waals surface area contributed by atoms with Crippen molar-refractivity contribution in [1.82, 2.24) is 0 Å². The highest BCUT2D eigenvalue weighted by atomic mass is 16.4. The number of hydrogen-bond acceptors (Lipinski definition) is 2. The van der Waals surface area contributed by atoms with E-state index in [1.54, 1.807) is 18.2 Å². The second-order valence-electron chi connectivity index (χ2n) is 6.29. The zero-order valence-corrected chi connectivity index (χ0v) is 12.9. The average molecular weight is 283 g/mol. The van der Waals surface area contributed by atoms with E-state index in [9.17, 15) is 4.79 Å². The molecule has 0 heterocycles. The van der Waals surface area contributed by atoms with Crippen LogP contribution in [0.1, 0.15) is 42.3 Å². The molecule has 0 fully saturated rings. The van der Waals surface area contributed by atoms with Crippen LogP contribution in [0.2, 0.25) is 0 Å². The van der Waals surface area contributed by atoms with E-state index in [1.807, 2.05) is 19.1 Å². The lowest BCUT2D eigenvalue weighted by Crippen LogP contribution is -2.10. The molecule has 0 aromatic heterocycles. The van der Waals surface area contributed by atoms with Gasteiger partial charge in [0, 0.05) is 11.4 Å². The van der Waals surface area contributed by atoms with Crippen LogP contribution in [0.15, 0.2) is 42.5 Å². The predicted molar refractivity (Wildman–Crippen MR) is 86.6 cm³/mol. The first-order chi connectivity index (χ1) is 9.77. The van der Waals surface area contributed by atoms with Crippen LogP contribution in [0.3, 0.4) is 0 Å². The fraction of sp³-hybridized carbons (Fsp3) is 0.278. The van der Waals surface area contributed by atoms with E-state index >= 15 is 0 Å². The fourth-order valence-electron chi connectivity index (χ4n) is 2.15. The average Bonchev–Trinajstić information content (AvgIpc) is 2.40. The summed E-state index contributed by atoms with van der Waals surface area (Å²) < 4.78 is 0. The topological polar surface area (TPSA) is 49.3 Å². The van der Waals surface area contributed by atoms with Crippen molar-refractivity contribution in [3.05, 3.63) is 59.2 Å². The normalized spacial score (nSPS) is 11.2. The number of carboxylic acid groups (broad SMARTS) is 1. The van der Waals surface area contributed by atoms with Crippen molar-refractivity contribution in [3.8, 4) is 0 Å². The third kappa shape index (κ3) is 3.63. The molecule has 0 spiro atoms. The van der Waals surface area contributed by atoms with E-state index in [2.05, 4.69) is 38.2 Å². The lowest BCUT2D eigenvalue weighted by molar-refractivity contribution is 0.0697. The van der Waals surface area contributed by atoms with Gasteiger partial charge in [-0.2, -0.15) is 0 Å². The Morgan fingerprint density at radius 2 is 1.67 bits per heavy atom. The highest BCUT2D eigenvalue weighted by Gasteiger charge is 2.13. The molecule has 0 amide bonds. The van der Waals surface area contributed by atoms with Crippen LogP contribution in [0.5, 0.6) is 0 Å². The number of nitrogens with one attached hydrogen (secondary N) is 1. The molecule has 0 atom stereocenters. The number of aryl methyl sites for hydroxylation is 1. The molecular formula is C18H21NO2. The van der Waals surface area contributed by atoms with Gasteiger partial charge in [-0.3, -0.25) is 0 Å². The van der Waals surface area contributed by atoms with Gasteiger partial charge in [0.15, 0.2) is 0 Å². The minimum atomic E-state index is -0.904. The van der Waals surface area contributed by atoms with Crippen molar-refractivity contribution >= 4 is 17.3 Å². The van der Waals surface area contributed by atoms with Crippen LogP contribution in [-0.2, 0) is 5.41 Å². The minimum absolute atomic E-state index is 0.136. The Balaban J connectivity index is 2.20. The van der Waals surface area contributed by atoms with Crippen LogP contribution < -0.4 is 5.32 Å². The summed E-state index contributed by atoms with van der Waals surface area (Å²) in [6, 6.07) is 13.4. The Morgan fingerprint density at radius 3 is 2.14 bits per heavy atom. The first-order valence-corrected chi connectivity index (χ1v) is 6.99. The first-order valence-electron chi connectivity index (χ1n) is 6.99. The summed E-state index contributed by atoms with van der Waals surface area (Å²) in [5.74, 6) is -0.904. The van der Waals surface area contributed by atoms with Gasteiger partial charge >= 0.3 is 5.97 Å². The molecule has 3 nitrogen and oxygen atoms in total. The summed E-state index contributed by atoms with van der Waals surface area (Å²) in [6.07, 6.45) is 0. The number of rotatable bonds is 3. The highest BCUT2D eigenvalue weighted by Crippen LogP contribution is 2.26. The molecule has 3 heteroatoms. The molecule has 0 aliphatic heterocycles. The Kier molecular flexibility index (Phi) is 4.03. The molecule has 110 valence electrons. The van der Waals surface area contributed by atoms with Crippen molar-refractivity contribution in [1.29, 1.82) is 0 Å². The summed E-state index contributed by atoms with van der Waals surface area (Å²) in [5, 5.41) is 12.3. The Bertz CT molecular complexity index is 652. The van der Waals surface area contributed by atoms with Crippen molar-refractivity contribution in [2.24, 2.45) is 0 Å². The summed E-state index contributed by atoms with van der Waals surface area (Å²) in [7, 11) is 0. The number of aromatic carboxylic acids is 1. The number of benzene rings is 2. The predicted octanol–water partition coefficient (Wildman–Crippen LogP) is 4.73. The van der Waals surface area contributed by atoms with Gasteiger partial charge in [0.25, 0.3) is 0 Å². The summed E-state index contributed by atoms with van der Waals surface area (Å²) in [5.41, 5.74) is 4.55. The number of carbonyl (C=O) groups is 1. The summed E-state index contributed by atoms with van der Waals surface area (Å²) in [4.78, 5) is 10.9. The fourth-order valence-corrected chi connectivity index (χ4v) is 2.15. The van der Waals surface area contributed by atoms with E-state index in [0.717, 1.165) is 16.9 Å². The van der Waals surface area contributed by atoms with Gasteiger partial charge in [-0.25, -0.2) is 4.79 Å². The monoisotopic (exact) mass is 283 g/mol. The van der Waals surface area contributed by atoms with Crippen molar-refractivity contribution in [2.45, 2.75) is 33.1 Å². The summed E-state index contributed by atoms with van der Waals surface area (Å²) >= 11 is 0. The lowest BCUT2D eigenvalue weighted by atomic mass is 9.87. The van der Waals surface area contributed by atoms with Crippen LogP contribution in [0.25, 0.3) is 0 Å². The van der Waals surface area contributed by atoms with E-state index in [0.29, 0.717) is 5.56 Å². The van der Waals surface area contributed by atoms with Crippen molar-refractivity contribution in [3.63, 3.8) is 0 Å². The number of anilines is 2. The second kappa shape index (κ2) is 5.60. The van der Waals surface area contributed by atoms with Crippen molar-refractivity contribution in [2.75, 3.05) is 5.32 Å². The third-order valence-corrected chi connectivity index (χ3v) is 3.50. The van der Waals surface area contributed by atoms with Gasteiger partial charge in [0.2, 0.25) is 0 Å². The first kappa shape index (κ1) is 15.1. The largest absolute Gasteiger partial charge is 0.478 e. The van der Waals surface area contributed by atoms with Crippen LogP contribution in [-0.4, -0.2) is 11.1 Å². The van der Waals surface area contributed by atoms with Gasteiger partial charge in [-0.05, 0) is 53.8 Å². The van der Waals surface area contributed by atoms with E-state index in [1.165, 1.54) is 5.56 Å². The van der Waals surface area contributed by atoms with Gasteiger partial charge < -0.3 is 10.4 Å². The maximum absolute atomic E-state index is 10.9. The number of carboxylic acids is 1. The molecule has 0 aliphatic rings. The maximum Gasteiger partial charge on any atom is 0.335 e. The molecule has 0 saturated heterocycles. The molecule has 21 heavy (non-hydrogen) atoms. The van der Waals surface area contributed by atoms with Crippen LogP contribution >= 0.6 is 0 Å².